The standard InChI is InChI=1S/C24H35N5O7.C2H4O2/c1-2-21(30)26-19-5-3-18(4-6-19)13-20-14-28(16-23(33)34)10-8-25-7-9-27(15-22(31)32)11-12-29(20)17-24(35)36;1-2(3)4/h2-6,20,25H,1,7-17H2,(H,26,30)(H,31,32)(H,33,34)(H,35,36);1H3,(H,3,4). The second-order valence-electron chi connectivity index (χ2n) is 9.18. The lowest BCUT2D eigenvalue weighted by molar-refractivity contribution is -0.141. The number of carboxylic acids is 4. The van der Waals surface area contributed by atoms with E-state index in [2.05, 4.69) is 17.2 Å². The molecule has 1 unspecified atom stereocenters. The van der Waals surface area contributed by atoms with E-state index in [0.29, 0.717) is 57.9 Å². The fourth-order valence-electron chi connectivity index (χ4n) is 4.12. The third-order valence-electron chi connectivity index (χ3n) is 5.83. The first kappa shape index (κ1) is 34.2. The van der Waals surface area contributed by atoms with Crippen LogP contribution in [0.3, 0.4) is 0 Å². The highest BCUT2D eigenvalue weighted by atomic mass is 16.4. The van der Waals surface area contributed by atoms with Crippen molar-refractivity contribution in [3.8, 4) is 0 Å². The second-order valence-corrected chi connectivity index (χ2v) is 9.18. The Bertz CT molecular complexity index is 999. The quantitative estimate of drug-likeness (QED) is 0.200. The van der Waals surface area contributed by atoms with Crippen molar-refractivity contribution < 1.29 is 44.4 Å². The summed E-state index contributed by atoms with van der Waals surface area (Å²) in [5.74, 6) is -4.12. The number of rotatable bonds is 10. The van der Waals surface area contributed by atoms with Gasteiger partial charge >= 0.3 is 17.9 Å². The number of nitrogens with one attached hydrogen (secondary N) is 2. The first-order chi connectivity index (χ1) is 18.9. The van der Waals surface area contributed by atoms with Crippen LogP contribution in [0.15, 0.2) is 36.9 Å². The fraction of sp³-hybridized carbons (Fsp3) is 0.500. The molecule has 1 heterocycles. The smallest absolute Gasteiger partial charge is 0.317 e. The molecule has 2 rings (SSSR count). The van der Waals surface area contributed by atoms with Crippen LogP contribution in [0.4, 0.5) is 5.69 Å². The maximum atomic E-state index is 11.7. The van der Waals surface area contributed by atoms with Gasteiger partial charge in [-0.15, -0.1) is 0 Å². The Balaban J connectivity index is 0.00000187. The van der Waals surface area contributed by atoms with Gasteiger partial charge in [-0.25, -0.2) is 0 Å². The van der Waals surface area contributed by atoms with E-state index in [4.69, 9.17) is 9.90 Å². The van der Waals surface area contributed by atoms with Gasteiger partial charge in [-0.3, -0.25) is 38.7 Å². The van der Waals surface area contributed by atoms with Crippen LogP contribution in [0.1, 0.15) is 12.5 Å². The molecule has 0 spiro atoms. The Morgan fingerprint density at radius 3 is 1.93 bits per heavy atom. The van der Waals surface area contributed by atoms with Crippen molar-refractivity contribution in [3.63, 3.8) is 0 Å². The van der Waals surface area contributed by atoms with Crippen molar-refractivity contribution in [2.45, 2.75) is 19.4 Å². The molecule has 1 aliphatic rings. The molecule has 0 saturated carbocycles. The van der Waals surface area contributed by atoms with Crippen LogP contribution in [-0.2, 0) is 30.4 Å². The van der Waals surface area contributed by atoms with Crippen LogP contribution in [0.25, 0.3) is 0 Å². The number of carbonyl (C=O) groups excluding carboxylic acids is 1. The molecule has 1 amide bonds. The van der Waals surface area contributed by atoms with E-state index < -0.39 is 23.9 Å². The van der Waals surface area contributed by atoms with E-state index >= 15 is 0 Å². The normalized spacial score (nSPS) is 17.7. The number of hydrogen-bond acceptors (Lipinski definition) is 9. The van der Waals surface area contributed by atoms with E-state index in [0.717, 1.165) is 12.5 Å². The molecule has 1 aromatic rings. The van der Waals surface area contributed by atoms with Gasteiger partial charge in [-0.2, -0.15) is 0 Å². The Morgan fingerprint density at radius 2 is 1.40 bits per heavy atom. The summed E-state index contributed by atoms with van der Waals surface area (Å²) in [5, 5.41) is 41.6. The van der Waals surface area contributed by atoms with Gasteiger partial charge in [-0.05, 0) is 30.2 Å². The average Bonchev–Trinajstić information content (AvgIpc) is 2.84. The highest BCUT2D eigenvalue weighted by molar-refractivity contribution is 5.98. The maximum Gasteiger partial charge on any atom is 0.317 e. The molecule has 1 fully saturated rings. The molecule has 40 heavy (non-hydrogen) atoms. The molecule has 14 nitrogen and oxygen atoms in total. The van der Waals surface area contributed by atoms with E-state index in [9.17, 15) is 34.5 Å². The van der Waals surface area contributed by atoms with E-state index in [-0.39, 0.29) is 31.6 Å². The zero-order chi connectivity index (χ0) is 30.1. The van der Waals surface area contributed by atoms with Crippen LogP contribution in [0.5, 0.6) is 0 Å². The molecule has 0 bridgehead atoms. The van der Waals surface area contributed by atoms with Crippen LogP contribution in [0.2, 0.25) is 0 Å². The average molecular weight is 566 g/mol. The van der Waals surface area contributed by atoms with Gasteiger partial charge in [0.1, 0.15) is 0 Å². The number of hydrogen-bond donors (Lipinski definition) is 6. The minimum Gasteiger partial charge on any atom is -0.481 e. The van der Waals surface area contributed by atoms with Crippen molar-refractivity contribution in [1.82, 2.24) is 20.0 Å². The predicted octanol–water partition coefficient (Wildman–Crippen LogP) is -0.424. The summed E-state index contributed by atoms with van der Waals surface area (Å²) >= 11 is 0. The summed E-state index contributed by atoms with van der Waals surface area (Å²) in [6.07, 6.45) is 1.60. The third kappa shape index (κ3) is 15.5. The van der Waals surface area contributed by atoms with Crippen LogP contribution in [-0.4, -0.2) is 136 Å². The lowest BCUT2D eigenvalue weighted by Gasteiger charge is -2.36. The van der Waals surface area contributed by atoms with Gasteiger partial charge in [0.15, 0.2) is 0 Å². The first-order valence-corrected chi connectivity index (χ1v) is 12.7. The third-order valence-corrected chi connectivity index (χ3v) is 5.83. The molecule has 0 radical (unpaired) electrons. The Kier molecular flexibility index (Phi) is 15.8. The monoisotopic (exact) mass is 565 g/mol. The fourth-order valence-corrected chi connectivity index (χ4v) is 4.12. The number of carboxylic acid groups (broad SMARTS) is 4. The van der Waals surface area contributed by atoms with Gasteiger partial charge in [0.25, 0.3) is 5.97 Å². The summed E-state index contributed by atoms with van der Waals surface area (Å²) < 4.78 is 0. The van der Waals surface area contributed by atoms with Crippen molar-refractivity contribution in [3.05, 3.63) is 42.5 Å². The molecular weight excluding hydrogens is 526 g/mol. The van der Waals surface area contributed by atoms with Crippen LogP contribution >= 0.6 is 0 Å². The summed E-state index contributed by atoms with van der Waals surface area (Å²) in [5.41, 5.74) is 1.47. The second kappa shape index (κ2) is 18.4. The predicted molar refractivity (Wildman–Crippen MR) is 146 cm³/mol. The van der Waals surface area contributed by atoms with E-state index in [1.807, 2.05) is 12.1 Å². The van der Waals surface area contributed by atoms with E-state index in [1.54, 1.807) is 26.8 Å². The highest BCUT2D eigenvalue weighted by Gasteiger charge is 2.26. The molecule has 0 aromatic heterocycles. The number of amides is 1. The van der Waals surface area contributed by atoms with Crippen LogP contribution in [0, 0.1) is 0 Å². The zero-order valence-corrected chi connectivity index (χ0v) is 22.6. The number of benzene rings is 1. The van der Waals surface area contributed by atoms with E-state index in [1.165, 1.54) is 6.08 Å². The molecule has 222 valence electrons. The number of nitrogens with zero attached hydrogens (tertiary/aromatic N) is 3. The Labute approximate surface area is 232 Å². The Morgan fingerprint density at radius 1 is 0.875 bits per heavy atom. The van der Waals surface area contributed by atoms with Crippen molar-refractivity contribution >= 4 is 35.5 Å². The molecule has 1 aromatic carbocycles. The highest BCUT2D eigenvalue weighted by Crippen LogP contribution is 2.15. The van der Waals surface area contributed by atoms with Crippen molar-refractivity contribution in [1.29, 1.82) is 0 Å². The molecule has 1 aliphatic heterocycles. The Hall–Kier alpha value is -3.85. The molecule has 14 heteroatoms. The SMILES string of the molecule is C=CC(=O)Nc1ccc(CC2CN(CC(=O)O)CCNCCN(CC(=O)O)CCN2CC(=O)O)cc1.CC(=O)O. The summed E-state index contributed by atoms with van der Waals surface area (Å²) in [6.45, 7) is 6.82. The number of carbonyl (C=O) groups is 5. The molecular formula is C26H39N5O9. The van der Waals surface area contributed by atoms with Gasteiger partial charge in [0.2, 0.25) is 5.91 Å². The van der Waals surface area contributed by atoms with Crippen molar-refractivity contribution in [2.24, 2.45) is 0 Å². The minimum absolute atomic E-state index is 0.156. The van der Waals surface area contributed by atoms with Crippen molar-refractivity contribution in [2.75, 3.05) is 70.8 Å². The summed E-state index contributed by atoms with van der Waals surface area (Å²) in [4.78, 5) is 60.4. The zero-order valence-electron chi connectivity index (χ0n) is 22.6. The largest absolute Gasteiger partial charge is 0.481 e. The first-order valence-electron chi connectivity index (χ1n) is 12.7. The summed E-state index contributed by atoms with van der Waals surface area (Å²) in [6, 6.07) is 6.78. The molecule has 0 aliphatic carbocycles. The molecule has 1 atom stereocenters. The van der Waals surface area contributed by atoms with Gasteiger partial charge < -0.3 is 31.1 Å². The molecule has 6 N–H and O–H groups in total. The number of anilines is 1. The topological polar surface area (TPSA) is 200 Å². The molecule has 1 saturated heterocycles. The van der Waals surface area contributed by atoms with Gasteiger partial charge in [0, 0.05) is 64.5 Å². The van der Waals surface area contributed by atoms with Gasteiger partial charge in [-0.1, -0.05) is 18.7 Å². The maximum absolute atomic E-state index is 11.7. The lowest BCUT2D eigenvalue weighted by Crippen LogP contribution is -2.52. The summed E-state index contributed by atoms with van der Waals surface area (Å²) in [7, 11) is 0. The minimum atomic E-state index is -1.02. The van der Waals surface area contributed by atoms with Crippen LogP contribution < -0.4 is 10.6 Å². The lowest BCUT2D eigenvalue weighted by atomic mass is 10.0. The van der Waals surface area contributed by atoms with Gasteiger partial charge in [0.05, 0.1) is 19.6 Å². The number of aliphatic carboxylic acids is 4.